The SMILES string of the molecule is Cc1coc(C(=O)N(C)CCc2ccncc2)c1. The van der Waals surface area contributed by atoms with Crippen LogP contribution in [0, 0.1) is 6.92 Å². The summed E-state index contributed by atoms with van der Waals surface area (Å²) in [6.45, 7) is 2.56. The van der Waals surface area contributed by atoms with Gasteiger partial charge in [0.15, 0.2) is 5.76 Å². The molecule has 0 aliphatic heterocycles. The van der Waals surface area contributed by atoms with Crippen LogP contribution in [0.3, 0.4) is 0 Å². The molecule has 0 saturated heterocycles. The number of nitrogens with zero attached hydrogens (tertiary/aromatic N) is 2. The van der Waals surface area contributed by atoms with Crippen molar-refractivity contribution in [1.82, 2.24) is 9.88 Å². The second-order valence-electron chi connectivity index (χ2n) is 4.32. The number of pyridine rings is 1. The van der Waals surface area contributed by atoms with Gasteiger partial charge in [0.2, 0.25) is 0 Å². The first-order valence-corrected chi connectivity index (χ1v) is 5.86. The Hall–Kier alpha value is -2.10. The van der Waals surface area contributed by atoms with E-state index < -0.39 is 0 Å². The minimum Gasteiger partial charge on any atom is -0.459 e. The lowest BCUT2D eigenvalue weighted by Crippen LogP contribution is -2.28. The highest BCUT2D eigenvalue weighted by Gasteiger charge is 2.14. The van der Waals surface area contributed by atoms with Crippen molar-refractivity contribution in [3.8, 4) is 0 Å². The average molecular weight is 244 g/mol. The van der Waals surface area contributed by atoms with Crippen LogP contribution >= 0.6 is 0 Å². The van der Waals surface area contributed by atoms with Crippen LogP contribution in [0.25, 0.3) is 0 Å². The van der Waals surface area contributed by atoms with E-state index in [2.05, 4.69) is 4.98 Å². The van der Waals surface area contributed by atoms with Gasteiger partial charge in [-0.1, -0.05) is 0 Å². The smallest absolute Gasteiger partial charge is 0.289 e. The van der Waals surface area contributed by atoms with E-state index in [0.717, 1.165) is 12.0 Å². The van der Waals surface area contributed by atoms with Gasteiger partial charge in [-0.15, -0.1) is 0 Å². The normalized spacial score (nSPS) is 10.3. The maximum Gasteiger partial charge on any atom is 0.289 e. The Morgan fingerprint density at radius 1 is 1.39 bits per heavy atom. The van der Waals surface area contributed by atoms with Gasteiger partial charge in [-0.3, -0.25) is 9.78 Å². The Bertz CT molecular complexity index is 520. The van der Waals surface area contributed by atoms with Crippen LogP contribution in [-0.2, 0) is 6.42 Å². The third-order valence-electron chi connectivity index (χ3n) is 2.77. The number of likely N-dealkylation sites (N-methyl/N-ethyl adjacent to an activating group) is 1. The number of rotatable bonds is 4. The number of carbonyl (C=O) groups excluding carboxylic acids is 1. The summed E-state index contributed by atoms with van der Waals surface area (Å²) in [5, 5.41) is 0. The summed E-state index contributed by atoms with van der Waals surface area (Å²) >= 11 is 0. The third-order valence-corrected chi connectivity index (χ3v) is 2.77. The molecule has 4 heteroatoms. The molecule has 4 nitrogen and oxygen atoms in total. The molecular weight excluding hydrogens is 228 g/mol. The molecule has 2 heterocycles. The van der Waals surface area contributed by atoms with Crippen molar-refractivity contribution < 1.29 is 9.21 Å². The number of carbonyl (C=O) groups is 1. The van der Waals surface area contributed by atoms with Crippen molar-refractivity contribution in [2.45, 2.75) is 13.3 Å². The van der Waals surface area contributed by atoms with Gasteiger partial charge in [0.25, 0.3) is 5.91 Å². The fraction of sp³-hybridized carbons (Fsp3) is 0.286. The van der Waals surface area contributed by atoms with Gasteiger partial charge >= 0.3 is 0 Å². The van der Waals surface area contributed by atoms with Crippen LogP contribution in [0.15, 0.2) is 41.3 Å². The molecule has 0 atom stereocenters. The molecule has 1 amide bonds. The fourth-order valence-electron chi connectivity index (χ4n) is 1.68. The van der Waals surface area contributed by atoms with E-state index in [0.29, 0.717) is 12.3 Å². The van der Waals surface area contributed by atoms with Crippen LogP contribution in [0.1, 0.15) is 21.7 Å². The Morgan fingerprint density at radius 2 is 2.11 bits per heavy atom. The van der Waals surface area contributed by atoms with Gasteiger partial charge in [-0.05, 0) is 42.7 Å². The number of hydrogen-bond donors (Lipinski definition) is 0. The highest BCUT2D eigenvalue weighted by Crippen LogP contribution is 2.09. The highest BCUT2D eigenvalue weighted by molar-refractivity contribution is 5.91. The molecule has 2 aromatic rings. The zero-order valence-electron chi connectivity index (χ0n) is 10.6. The molecule has 2 aromatic heterocycles. The van der Waals surface area contributed by atoms with E-state index >= 15 is 0 Å². The molecule has 0 aromatic carbocycles. The van der Waals surface area contributed by atoms with Crippen LogP contribution < -0.4 is 0 Å². The minimum atomic E-state index is -0.0860. The van der Waals surface area contributed by atoms with Gasteiger partial charge < -0.3 is 9.32 Å². The predicted octanol–water partition coefficient (Wildman–Crippen LogP) is 2.30. The van der Waals surface area contributed by atoms with Crippen molar-refractivity contribution >= 4 is 5.91 Å². The topological polar surface area (TPSA) is 46.3 Å². The van der Waals surface area contributed by atoms with Crippen LogP contribution in [-0.4, -0.2) is 29.4 Å². The maximum atomic E-state index is 12.0. The molecular formula is C14H16N2O2. The van der Waals surface area contributed by atoms with E-state index in [1.54, 1.807) is 36.7 Å². The van der Waals surface area contributed by atoms with Gasteiger partial charge in [0.05, 0.1) is 6.26 Å². The maximum absolute atomic E-state index is 12.0. The van der Waals surface area contributed by atoms with Crippen LogP contribution in [0.2, 0.25) is 0 Å². The molecule has 0 spiro atoms. The summed E-state index contributed by atoms with van der Waals surface area (Å²) in [5.41, 5.74) is 2.13. The van der Waals surface area contributed by atoms with E-state index in [1.807, 2.05) is 19.1 Å². The van der Waals surface area contributed by atoms with Crippen molar-refractivity contribution in [2.75, 3.05) is 13.6 Å². The molecule has 0 radical (unpaired) electrons. The molecule has 0 aliphatic rings. The first-order valence-electron chi connectivity index (χ1n) is 5.86. The predicted molar refractivity (Wildman–Crippen MR) is 68.3 cm³/mol. The van der Waals surface area contributed by atoms with Crippen molar-refractivity contribution in [1.29, 1.82) is 0 Å². The average Bonchev–Trinajstić information content (AvgIpc) is 2.83. The quantitative estimate of drug-likeness (QED) is 0.829. The van der Waals surface area contributed by atoms with Gasteiger partial charge in [0.1, 0.15) is 0 Å². The molecule has 0 unspecified atom stereocenters. The Kier molecular flexibility index (Phi) is 3.77. The van der Waals surface area contributed by atoms with Crippen LogP contribution in [0.4, 0.5) is 0 Å². The molecule has 0 fully saturated rings. The largest absolute Gasteiger partial charge is 0.459 e. The van der Waals surface area contributed by atoms with Gasteiger partial charge in [-0.2, -0.15) is 0 Å². The monoisotopic (exact) mass is 244 g/mol. The van der Waals surface area contributed by atoms with Gasteiger partial charge in [0, 0.05) is 26.0 Å². The zero-order valence-corrected chi connectivity index (χ0v) is 10.6. The highest BCUT2D eigenvalue weighted by atomic mass is 16.3. The van der Waals surface area contributed by atoms with E-state index in [-0.39, 0.29) is 5.91 Å². The lowest BCUT2D eigenvalue weighted by molar-refractivity contribution is 0.0765. The van der Waals surface area contributed by atoms with Crippen molar-refractivity contribution in [2.24, 2.45) is 0 Å². The molecule has 2 rings (SSSR count). The first kappa shape index (κ1) is 12.4. The molecule has 0 saturated carbocycles. The van der Waals surface area contributed by atoms with E-state index in [1.165, 1.54) is 5.56 Å². The van der Waals surface area contributed by atoms with Crippen LogP contribution in [0.5, 0.6) is 0 Å². The lowest BCUT2D eigenvalue weighted by atomic mass is 10.2. The van der Waals surface area contributed by atoms with Gasteiger partial charge in [-0.25, -0.2) is 0 Å². The van der Waals surface area contributed by atoms with Crippen molar-refractivity contribution in [3.63, 3.8) is 0 Å². The number of furan rings is 1. The van der Waals surface area contributed by atoms with E-state index in [9.17, 15) is 4.79 Å². The Balaban J connectivity index is 1.92. The number of aromatic nitrogens is 1. The Morgan fingerprint density at radius 3 is 2.72 bits per heavy atom. The third kappa shape index (κ3) is 2.97. The summed E-state index contributed by atoms with van der Waals surface area (Å²) in [6.07, 6.45) is 5.91. The summed E-state index contributed by atoms with van der Waals surface area (Å²) in [4.78, 5) is 17.6. The first-order chi connectivity index (χ1) is 8.66. The number of aryl methyl sites for hydroxylation is 1. The van der Waals surface area contributed by atoms with E-state index in [4.69, 9.17) is 4.42 Å². The summed E-state index contributed by atoms with van der Waals surface area (Å²) < 4.78 is 5.20. The minimum absolute atomic E-state index is 0.0860. The standard InChI is InChI=1S/C14H16N2O2/c1-11-9-13(18-10-11)14(17)16(2)8-5-12-3-6-15-7-4-12/h3-4,6-7,9-10H,5,8H2,1-2H3. The molecule has 0 aliphatic carbocycles. The second kappa shape index (κ2) is 5.49. The number of amides is 1. The lowest BCUT2D eigenvalue weighted by Gasteiger charge is -2.15. The summed E-state index contributed by atoms with van der Waals surface area (Å²) in [5.74, 6) is 0.307. The number of hydrogen-bond acceptors (Lipinski definition) is 3. The second-order valence-corrected chi connectivity index (χ2v) is 4.32. The molecule has 0 N–H and O–H groups in total. The molecule has 94 valence electrons. The van der Waals surface area contributed by atoms with Crippen molar-refractivity contribution in [3.05, 3.63) is 53.7 Å². The summed E-state index contributed by atoms with van der Waals surface area (Å²) in [7, 11) is 1.78. The Labute approximate surface area is 106 Å². The molecule has 18 heavy (non-hydrogen) atoms. The molecule has 0 bridgehead atoms. The zero-order chi connectivity index (χ0) is 13.0. The fourth-order valence-corrected chi connectivity index (χ4v) is 1.68. The summed E-state index contributed by atoms with van der Waals surface area (Å²) in [6, 6.07) is 5.66.